The third kappa shape index (κ3) is 6.72. The Kier molecular flexibility index (Phi) is 9.54. The van der Waals surface area contributed by atoms with E-state index in [1.807, 2.05) is 0 Å². The van der Waals surface area contributed by atoms with Gasteiger partial charge in [-0.05, 0) is 19.3 Å². The van der Waals surface area contributed by atoms with Crippen molar-refractivity contribution in [3.05, 3.63) is 0 Å². The van der Waals surface area contributed by atoms with Crippen LogP contribution in [0, 0.1) is 0 Å². The summed E-state index contributed by atoms with van der Waals surface area (Å²) in [4.78, 5) is 23.1. The Morgan fingerprint density at radius 3 is 2.41 bits per heavy atom. The van der Waals surface area contributed by atoms with Crippen LogP contribution in [0.15, 0.2) is 4.99 Å². The minimum absolute atomic E-state index is 0. The molecule has 3 aliphatic heterocycles. The summed E-state index contributed by atoms with van der Waals surface area (Å²) in [5.41, 5.74) is 0. The molecule has 1 N–H and O–H groups in total. The fourth-order valence-electron chi connectivity index (χ4n) is 3.72. The summed E-state index contributed by atoms with van der Waals surface area (Å²) in [5.74, 6) is 0.906. The fourth-order valence-corrected chi connectivity index (χ4v) is 3.72. The van der Waals surface area contributed by atoms with E-state index in [0.717, 1.165) is 77.8 Å². The van der Waals surface area contributed by atoms with E-state index in [4.69, 9.17) is 9.47 Å². The molecule has 0 spiro atoms. The van der Waals surface area contributed by atoms with Crippen LogP contribution in [0.3, 0.4) is 0 Å². The molecule has 8 nitrogen and oxygen atoms in total. The maximum atomic E-state index is 12.0. The van der Waals surface area contributed by atoms with Crippen molar-refractivity contribution < 1.29 is 14.3 Å². The average molecular weight is 495 g/mol. The Hall–Kier alpha value is -0.650. The van der Waals surface area contributed by atoms with Crippen LogP contribution in [0.5, 0.6) is 0 Å². The molecule has 9 heteroatoms. The van der Waals surface area contributed by atoms with Crippen molar-refractivity contribution in [1.82, 2.24) is 20.0 Å². The van der Waals surface area contributed by atoms with Gasteiger partial charge in [-0.1, -0.05) is 0 Å². The van der Waals surface area contributed by atoms with Crippen molar-refractivity contribution >= 4 is 35.8 Å². The van der Waals surface area contributed by atoms with Crippen LogP contribution < -0.4 is 5.32 Å². The van der Waals surface area contributed by atoms with E-state index < -0.39 is 0 Å². The Morgan fingerprint density at radius 1 is 1.07 bits per heavy atom. The molecule has 0 aliphatic carbocycles. The number of rotatable bonds is 4. The van der Waals surface area contributed by atoms with Crippen molar-refractivity contribution in [2.24, 2.45) is 4.99 Å². The second kappa shape index (κ2) is 11.4. The summed E-state index contributed by atoms with van der Waals surface area (Å²) < 4.78 is 10.9. The molecule has 3 aliphatic rings. The summed E-state index contributed by atoms with van der Waals surface area (Å²) >= 11 is 0. The van der Waals surface area contributed by atoms with Crippen LogP contribution >= 0.6 is 24.0 Å². The number of hydrogen-bond acceptors (Lipinski definition) is 5. The number of morpholine rings is 1. The lowest BCUT2D eigenvalue weighted by molar-refractivity contribution is -0.127. The Morgan fingerprint density at radius 2 is 1.74 bits per heavy atom. The topological polar surface area (TPSA) is 69.6 Å². The van der Waals surface area contributed by atoms with Crippen LogP contribution in [0.1, 0.15) is 19.3 Å². The number of aliphatic imine (C=N–C) groups is 1. The van der Waals surface area contributed by atoms with Crippen LogP contribution in [0.2, 0.25) is 0 Å². The van der Waals surface area contributed by atoms with Crippen molar-refractivity contribution in [1.29, 1.82) is 0 Å². The van der Waals surface area contributed by atoms with Gasteiger partial charge in [0.2, 0.25) is 5.91 Å². The van der Waals surface area contributed by atoms with Gasteiger partial charge in [-0.25, -0.2) is 4.99 Å². The zero-order valence-electron chi connectivity index (χ0n) is 16.6. The molecule has 3 heterocycles. The Bertz CT molecular complexity index is 493. The minimum Gasteiger partial charge on any atom is -0.381 e. The highest BCUT2D eigenvalue weighted by Crippen LogP contribution is 2.18. The molecule has 0 bridgehead atoms. The maximum Gasteiger partial charge on any atom is 0.243 e. The van der Waals surface area contributed by atoms with Crippen LogP contribution in [0.25, 0.3) is 0 Å². The third-order valence-electron chi connectivity index (χ3n) is 5.44. The lowest BCUT2D eigenvalue weighted by Gasteiger charge is -2.33. The van der Waals surface area contributed by atoms with Gasteiger partial charge in [0.1, 0.15) is 6.54 Å². The maximum absolute atomic E-state index is 12.0. The quantitative estimate of drug-likeness (QED) is 0.342. The van der Waals surface area contributed by atoms with E-state index >= 15 is 0 Å². The molecule has 0 aromatic rings. The average Bonchev–Trinajstić information content (AvgIpc) is 3.16. The van der Waals surface area contributed by atoms with E-state index in [2.05, 4.69) is 20.1 Å². The number of guanidine groups is 1. The monoisotopic (exact) mass is 495 g/mol. The summed E-state index contributed by atoms with van der Waals surface area (Å²) in [6.45, 7) is 7.39. The Labute approximate surface area is 179 Å². The van der Waals surface area contributed by atoms with Crippen molar-refractivity contribution in [2.75, 3.05) is 73.2 Å². The van der Waals surface area contributed by atoms with Gasteiger partial charge in [0, 0.05) is 65.6 Å². The van der Waals surface area contributed by atoms with E-state index in [9.17, 15) is 4.79 Å². The molecule has 3 rings (SSSR count). The molecule has 0 radical (unpaired) electrons. The highest BCUT2D eigenvalue weighted by atomic mass is 127. The number of carbonyl (C=O) groups excluding carboxylic acids is 1. The normalized spacial score (nSPS) is 25.2. The third-order valence-corrected chi connectivity index (χ3v) is 5.44. The number of ether oxygens (including phenoxy) is 2. The number of nitrogens with one attached hydrogen (secondary N) is 1. The van der Waals surface area contributed by atoms with Crippen LogP contribution in [-0.2, 0) is 14.3 Å². The summed E-state index contributed by atoms with van der Waals surface area (Å²) in [7, 11) is 3.54. The molecular formula is C18H34IN5O3. The number of amides is 1. The highest BCUT2D eigenvalue weighted by molar-refractivity contribution is 14.0. The van der Waals surface area contributed by atoms with Crippen molar-refractivity contribution in [3.63, 3.8) is 0 Å². The number of nitrogens with zero attached hydrogens (tertiary/aromatic N) is 4. The highest BCUT2D eigenvalue weighted by Gasteiger charge is 2.31. The molecule has 156 valence electrons. The van der Waals surface area contributed by atoms with Gasteiger partial charge < -0.3 is 24.6 Å². The first-order valence-corrected chi connectivity index (χ1v) is 9.79. The summed E-state index contributed by atoms with van der Waals surface area (Å²) in [6, 6.07) is 0.921. The molecule has 3 saturated heterocycles. The van der Waals surface area contributed by atoms with Crippen molar-refractivity contribution in [3.8, 4) is 0 Å². The largest absolute Gasteiger partial charge is 0.381 e. The minimum atomic E-state index is 0. The second-order valence-corrected chi connectivity index (χ2v) is 7.50. The van der Waals surface area contributed by atoms with Gasteiger partial charge in [-0.15, -0.1) is 24.0 Å². The Balaban J connectivity index is 0.00000261. The SMILES string of the molecule is CN(C)C(=O)CN=C(NC1CCOCC1)N1CCC(N2CCOCC2)C1.I. The summed E-state index contributed by atoms with van der Waals surface area (Å²) in [5, 5.41) is 3.60. The van der Waals surface area contributed by atoms with E-state index in [-0.39, 0.29) is 36.4 Å². The van der Waals surface area contributed by atoms with Gasteiger partial charge in [0.15, 0.2) is 5.96 Å². The smallest absolute Gasteiger partial charge is 0.243 e. The van der Waals surface area contributed by atoms with Gasteiger partial charge in [0.05, 0.1) is 13.2 Å². The zero-order valence-corrected chi connectivity index (χ0v) is 18.9. The fraction of sp³-hybridized carbons (Fsp3) is 0.889. The van der Waals surface area contributed by atoms with E-state index in [1.54, 1.807) is 19.0 Å². The number of halogens is 1. The predicted molar refractivity (Wildman–Crippen MR) is 116 cm³/mol. The van der Waals surface area contributed by atoms with Gasteiger partial charge in [-0.2, -0.15) is 0 Å². The predicted octanol–water partition coefficient (Wildman–Crippen LogP) is 0.224. The molecule has 3 fully saturated rings. The van der Waals surface area contributed by atoms with Gasteiger partial charge >= 0.3 is 0 Å². The number of likely N-dealkylation sites (tertiary alicyclic amines) is 1. The molecule has 1 amide bonds. The lowest BCUT2D eigenvalue weighted by Crippen LogP contribution is -2.49. The molecule has 0 aromatic carbocycles. The first-order valence-electron chi connectivity index (χ1n) is 9.79. The standard InChI is InChI=1S/C18H33N5O3.HI/c1-21(2)17(24)13-19-18(20-15-4-9-25-10-5-15)23-6-3-16(14-23)22-7-11-26-12-8-22;/h15-16H,3-14H2,1-2H3,(H,19,20);1H. The zero-order chi connectivity index (χ0) is 18.4. The van der Waals surface area contributed by atoms with E-state index in [1.165, 1.54) is 0 Å². The van der Waals surface area contributed by atoms with Crippen LogP contribution in [0.4, 0.5) is 0 Å². The summed E-state index contributed by atoms with van der Waals surface area (Å²) in [6.07, 6.45) is 3.11. The molecular weight excluding hydrogens is 461 g/mol. The molecule has 0 saturated carbocycles. The molecule has 1 atom stereocenters. The van der Waals surface area contributed by atoms with Gasteiger partial charge in [-0.3, -0.25) is 9.69 Å². The first kappa shape index (κ1) is 22.6. The lowest BCUT2D eigenvalue weighted by atomic mass is 10.1. The molecule has 1 unspecified atom stereocenters. The van der Waals surface area contributed by atoms with Gasteiger partial charge in [0.25, 0.3) is 0 Å². The van der Waals surface area contributed by atoms with Crippen LogP contribution in [-0.4, -0.2) is 112 Å². The number of likely N-dealkylation sites (N-methyl/N-ethyl adjacent to an activating group) is 1. The molecule has 0 aromatic heterocycles. The second-order valence-electron chi connectivity index (χ2n) is 7.50. The van der Waals surface area contributed by atoms with E-state index in [0.29, 0.717) is 12.1 Å². The molecule has 27 heavy (non-hydrogen) atoms. The number of carbonyl (C=O) groups is 1. The number of hydrogen-bond donors (Lipinski definition) is 1. The van der Waals surface area contributed by atoms with Crippen molar-refractivity contribution in [2.45, 2.75) is 31.3 Å². The first-order chi connectivity index (χ1) is 12.6.